The fraction of sp³-hybridized carbons (Fsp3) is 0.200. The van der Waals surface area contributed by atoms with Crippen LogP contribution in [0.3, 0.4) is 0 Å². The van der Waals surface area contributed by atoms with Crippen molar-refractivity contribution in [1.82, 2.24) is 0 Å². The van der Waals surface area contributed by atoms with Gasteiger partial charge in [-0.2, -0.15) is 0 Å². The van der Waals surface area contributed by atoms with Gasteiger partial charge in [-0.1, -0.05) is 41.4 Å². The Hall–Kier alpha value is -1.38. The Morgan fingerprint density at radius 3 is 2.53 bits per heavy atom. The van der Waals surface area contributed by atoms with Crippen LogP contribution in [0, 0.1) is 6.92 Å². The van der Waals surface area contributed by atoms with Crippen LogP contribution >= 0.6 is 23.2 Å². The molecule has 0 saturated heterocycles. The molecule has 0 aliphatic rings. The maximum Gasteiger partial charge on any atom is 0.137 e. The Morgan fingerprint density at radius 1 is 1.00 bits per heavy atom. The Labute approximate surface area is 123 Å². The number of nitrogens with one attached hydrogen (secondary N) is 1. The zero-order valence-electron chi connectivity index (χ0n) is 10.6. The first-order chi connectivity index (χ1) is 9.18. The van der Waals surface area contributed by atoms with E-state index in [1.807, 2.05) is 49.4 Å². The number of rotatable bonds is 5. The molecule has 1 N–H and O–H groups in total. The molecule has 4 heteroatoms. The summed E-state index contributed by atoms with van der Waals surface area (Å²) in [4.78, 5) is 0. The summed E-state index contributed by atoms with van der Waals surface area (Å²) >= 11 is 12.1. The van der Waals surface area contributed by atoms with E-state index in [2.05, 4.69) is 5.32 Å². The summed E-state index contributed by atoms with van der Waals surface area (Å²) in [6.07, 6.45) is 0. The van der Waals surface area contributed by atoms with Crippen LogP contribution in [0.15, 0.2) is 42.5 Å². The third kappa shape index (κ3) is 3.79. The van der Waals surface area contributed by atoms with Crippen LogP contribution in [0.2, 0.25) is 10.0 Å². The van der Waals surface area contributed by atoms with Gasteiger partial charge in [-0.25, -0.2) is 0 Å². The van der Waals surface area contributed by atoms with Gasteiger partial charge in [0.2, 0.25) is 0 Å². The number of hydrogen-bond donors (Lipinski definition) is 1. The van der Waals surface area contributed by atoms with E-state index < -0.39 is 0 Å². The summed E-state index contributed by atoms with van der Waals surface area (Å²) in [5.41, 5.74) is 2.07. The van der Waals surface area contributed by atoms with Gasteiger partial charge in [0.25, 0.3) is 0 Å². The van der Waals surface area contributed by atoms with Crippen molar-refractivity contribution in [3.05, 3.63) is 58.1 Å². The summed E-state index contributed by atoms with van der Waals surface area (Å²) in [5, 5.41) is 4.68. The number of ether oxygens (including phenoxy) is 1. The molecule has 2 nitrogen and oxygen atoms in total. The molecule has 0 atom stereocenters. The minimum Gasteiger partial charge on any atom is -0.490 e. The van der Waals surface area contributed by atoms with Crippen LogP contribution < -0.4 is 10.1 Å². The maximum atomic E-state index is 6.05. The maximum absolute atomic E-state index is 6.05. The molecule has 2 aromatic carbocycles. The first-order valence-corrected chi connectivity index (χ1v) is 6.80. The molecule has 0 radical (unpaired) electrons. The van der Waals surface area contributed by atoms with Gasteiger partial charge in [-0.05, 0) is 36.8 Å². The summed E-state index contributed by atoms with van der Waals surface area (Å²) < 4.78 is 5.60. The predicted octanol–water partition coefficient (Wildman–Crippen LogP) is 4.79. The molecule has 0 heterocycles. The van der Waals surface area contributed by atoms with E-state index in [-0.39, 0.29) is 0 Å². The van der Waals surface area contributed by atoms with Crippen LogP contribution in [0.5, 0.6) is 5.75 Å². The Morgan fingerprint density at radius 2 is 1.74 bits per heavy atom. The monoisotopic (exact) mass is 295 g/mol. The second-order valence-electron chi connectivity index (χ2n) is 4.12. The molecule has 0 spiro atoms. The standard InChI is InChI=1S/C15H15Cl2NO/c1-11-12(16)6-4-7-14(11)18-9-10-19-15-8-3-2-5-13(15)17/h2-8,18H,9-10H2,1H3. The zero-order chi connectivity index (χ0) is 13.7. The molecule has 0 aromatic heterocycles. The lowest BCUT2D eigenvalue weighted by Gasteiger charge is -2.12. The van der Waals surface area contributed by atoms with Gasteiger partial charge < -0.3 is 10.1 Å². The quantitative estimate of drug-likeness (QED) is 0.801. The van der Waals surface area contributed by atoms with E-state index in [1.54, 1.807) is 0 Å². The van der Waals surface area contributed by atoms with Crippen molar-refractivity contribution in [3.8, 4) is 5.75 Å². The minimum absolute atomic E-state index is 0.537. The van der Waals surface area contributed by atoms with E-state index in [1.165, 1.54) is 0 Å². The van der Waals surface area contributed by atoms with E-state index in [4.69, 9.17) is 27.9 Å². The van der Waals surface area contributed by atoms with Crippen molar-refractivity contribution in [1.29, 1.82) is 0 Å². The average Bonchev–Trinajstić information content (AvgIpc) is 2.41. The van der Waals surface area contributed by atoms with Gasteiger partial charge in [-0.3, -0.25) is 0 Å². The first-order valence-electron chi connectivity index (χ1n) is 6.05. The molecule has 0 aliphatic heterocycles. The second kappa shape index (κ2) is 6.69. The van der Waals surface area contributed by atoms with Gasteiger partial charge in [-0.15, -0.1) is 0 Å². The predicted molar refractivity (Wildman–Crippen MR) is 81.6 cm³/mol. The van der Waals surface area contributed by atoms with Crippen LogP contribution in [-0.2, 0) is 0 Å². The van der Waals surface area contributed by atoms with Crippen LogP contribution in [0.25, 0.3) is 0 Å². The molecule has 19 heavy (non-hydrogen) atoms. The largest absolute Gasteiger partial charge is 0.490 e. The number of halogens is 2. The van der Waals surface area contributed by atoms with Crippen LogP contribution in [0.4, 0.5) is 5.69 Å². The lowest BCUT2D eigenvalue weighted by Crippen LogP contribution is -2.12. The highest BCUT2D eigenvalue weighted by atomic mass is 35.5. The Kier molecular flexibility index (Phi) is 4.94. The summed E-state index contributed by atoms with van der Waals surface area (Å²) in [7, 11) is 0. The molecule has 2 rings (SSSR count). The topological polar surface area (TPSA) is 21.3 Å². The number of hydrogen-bond acceptors (Lipinski definition) is 2. The minimum atomic E-state index is 0.537. The summed E-state index contributed by atoms with van der Waals surface area (Å²) in [6, 6.07) is 13.2. The highest BCUT2D eigenvalue weighted by Gasteiger charge is 2.02. The van der Waals surface area contributed by atoms with E-state index in [0.717, 1.165) is 16.3 Å². The normalized spacial score (nSPS) is 10.3. The molecular formula is C15H15Cl2NO. The van der Waals surface area contributed by atoms with Crippen LogP contribution in [-0.4, -0.2) is 13.2 Å². The lowest BCUT2D eigenvalue weighted by atomic mass is 10.2. The van der Waals surface area contributed by atoms with Gasteiger partial charge in [0.05, 0.1) is 5.02 Å². The van der Waals surface area contributed by atoms with Gasteiger partial charge in [0.1, 0.15) is 12.4 Å². The molecule has 0 unspecified atom stereocenters. The number of para-hydroxylation sites is 1. The second-order valence-corrected chi connectivity index (χ2v) is 4.93. The highest BCUT2D eigenvalue weighted by molar-refractivity contribution is 6.32. The molecule has 0 amide bonds. The third-order valence-corrected chi connectivity index (χ3v) is 3.50. The molecule has 100 valence electrons. The van der Waals surface area contributed by atoms with E-state index >= 15 is 0 Å². The van der Waals surface area contributed by atoms with Gasteiger partial charge in [0, 0.05) is 17.3 Å². The molecule has 0 saturated carbocycles. The fourth-order valence-electron chi connectivity index (χ4n) is 1.71. The van der Waals surface area contributed by atoms with Crippen molar-refractivity contribution < 1.29 is 4.74 Å². The van der Waals surface area contributed by atoms with E-state index in [0.29, 0.717) is 23.9 Å². The summed E-state index contributed by atoms with van der Waals surface area (Å²) in [5.74, 6) is 0.703. The Balaban J connectivity index is 1.84. The molecule has 0 fully saturated rings. The van der Waals surface area contributed by atoms with Gasteiger partial charge >= 0.3 is 0 Å². The van der Waals surface area contributed by atoms with Crippen molar-refractivity contribution in [2.45, 2.75) is 6.92 Å². The smallest absolute Gasteiger partial charge is 0.137 e. The average molecular weight is 296 g/mol. The molecule has 0 bridgehead atoms. The number of benzene rings is 2. The zero-order valence-corrected chi connectivity index (χ0v) is 12.1. The summed E-state index contributed by atoms with van der Waals surface area (Å²) in [6.45, 7) is 3.21. The molecular weight excluding hydrogens is 281 g/mol. The first kappa shape index (κ1) is 14.0. The van der Waals surface area contributed by atoms with Crippen molar-refractivity contribution in [3.63, 3.8) is 0 Å². The SMILES string of the molecule is Cc1c(Cl)cccc1NCCOc1ccccc1Cl. The van der Waals surface area contributed by atoms with E-state index in [9.17, 15) is 0 Å². The van der Waals surface area contributed by atoms with Crippen molar-refractivity contribution in [2.75, 3.05) is 18.5 Å². The lowest BCUT2D eigenvalue weighted by molar-refractivity contribution is 0.333. The number of anilines is 1. The Bertz CT molecular complexity index is 558. The molecule has 0 aliphatic carbocycles. The highest BCUT2D eigenvalue weighted by Crippen LogP contribution is 2.24. The molecule has 2 aromatic rings. The fourth-order valence-corrected chi connectivity index (χ4v) is 2.07. The third-order valence-electron chi connectivity index (χ3n) is 2.78. The van der Waals surface area contributed by atoms with Crippen molar-refractivity contribution >= 4 is 28.9 Å². The van der Waals surface area contributed by atoms with Crippen molar-refractivity contribution in [2.24, 2.45) is 0 Å². The van der Waals surface area contributed by atoms with Crippen LogP contribution in [0.1, 0.15) is 5.56 Å². The van der Waals surface area contributed by atoms with Gasteiger partial charge in [0.15, 0.2) is 0 Å².